The topological polar surface area (TPSA) is 9.23 Å². The first-order chi connectivity index (χ1) is 15.8. The molecule has 0 fully saturated rings. The fraction of sp³-hybridized carbons (Fsp3) is 0.294. The Morgan fingerprint density at radius 1 is 0.526 bits per heavy atom. The Bertz CT molecular complexity index is 663. The van der Waals surface area contributed by atoms with E-state index in [1.54, 1.807) is 20.8 Å². The van der Waals surface area contributed by atoms with Gasteiger partial charge < -0.3 is 47.8 Å². The molecule has 3 aromatic carbocycles. The maximum Gasteiger partial charge on any atom is 0.119 e. The van der Waals surface area contributed by atoms with Crippen LogP contribution in [0.1, 0.15) is 58.6 Å². The minimum atomic E-state index is 0. The van der Waals surface area contributed by atoms with Crippen LogP contribution >= 0.6 is 0 Å². The molecule has 0 spiro atoms. The second kappa shape index (κ2) is 57.6. The molecule has 0 heterocycles. The molecule has 213 valence electrons. The summed E-state index contributed by atoms with van der Waals surface area (Å²) in [6.45, 7) is 22.2. The molecule has 1 nitrogen and oxygen atoms in total. The zero-order valence-electron chi connectivity index (χ0n) is 26.3. The van der Waals surface area contributed by atoms with Gasteiger partial charge in [0.2, 0.25) is 0 Å². The summed E-state index contributed by atoms with van der Waals surface area (Å²) in [5.41, 5.74) is 2.77. The largest absolute Gasteiger partial charge is 0.494 e. The monoisotopic (exact) mass is 747 g/mol. The van der Waals surface area contributed by atoms with Gasteiger partial charge in [0, 0.05) is 98.1 Å². The molecule has 0 saturated heterocycles. The third kappa shape index (κ3) is 46.6. The Morgan fingerprint density at radius 3 is 1.16 bits per heavy atom. The van der Waals surface area contributed by atoms with Crippen molar-refractivity contribution in [2.75, 3.05) is 6.61 Å². The standard InChI is InChI=1S/C9H12O.C9H12.C7H8.3C2H5.3CH3.3Y/c1-2-8-10-9-6-4-3-5-7-9;1-2-6-9-7-4-3-5-8-9;1-7-5-3-2-4-6-7;3*1-2;;;;;;/h3-7H,2,8H2,1H3;3-5,7-8H,2,6H2,1H3;2-6H,1H3;3*1H2,2H3;3*1H3;;;/q;;;6*-1;;;. The second-order valence-corrected chi connectivity index (χ2v) is 6.05. The molecule has 0 aliphatic rings. The zero-order valence-corrected chi connectivity index (χ0v) is 34.8. The molecule has 4 heteroatoms. The average molecular weight is 748 g/mol. The minimum Gasteiger partial charge on any atom is -0.494 e. The quantitative estimate of drug-likeness (QED) is 0.236. The van der Waals surface area contributed by atoms with Gasteiger partial charge in [-0.2, -0.15) is 20.8 Å². The summed E-state index contributed by atoms with van der Waals surface area (Å²) in [6.07, 6.45) is 3.51. The third-order valence-electron chi connectivity index (χ3n) is 3.54. The van der Waals surface area contributed by atoms with Crippen LogP contribution in [0, 0.1) is 50.0 Å². The predicted molar refractivity (Wildman–Crippen MR) is 166 cm³/mol. The number of ether oxygens (including phenoxy) is 1. The van der Waals surface area contributed by atoms with Gasteiger partial charge in [0.1, 0.15) is 5.75 Å². The van der Waals surface area contributed by atoms with Gasteiger partial charge in [0.05, 0.1) is 6.61 Å². The van der Waals surface area contributed by atoms with Gasteiger partial charge in [-0.25, -0.2) is 0 Å². The number of hydrogen-bond donors (Lipinski definition) is 0. The number of para-hydroxylation sites is 1. The molecule has 0 N–H and O–H groups in total. The van der Waals surface area contributed by atoms with Crippen molar-refractivity contribution < 1.29 is 103 Å². The first-order valence-electron chi connectivity index (χ1n) is 11.6. The number of hydrogen-bond acceptors (Lipinski definition) is 1. The van der Waals surface area contributed by atoms with Gasteiger partial charge in [0.15, 0.2) is 0 Å². The van der Waals surface area contributed by atoms with Crippen molar-refractivity contribution in [2.24, 2.45) is 0 Å². The van der Waals surface area contributed by atoms with E-state index in [2.05, 4.69) is 84.0 Å². The van der Waals surface area contributed by atoms with Crippen LogP contribution in [0.25, 0.3) is 0 Å². The van der Waals surface area contributed by atoms with Crippen LogP contribution < -0.4 is 4.74 Å². The van der Waals surface area contributed by atoms with Crippen molar-refractivity contribution in [3.05, 3.63) is 145 Å². The molecular weight excluding hydrogens is 691 g/mol. The van der Waals surface area contributed by atoms with E-state index in [1.165, 1.54) is 24.0 Å². The first kappa shape index (κ1) is 62.4. The Hall–Kier alpha value is 0.772. The van der Waals surface area contributed by atoms with Crippen LogP contribution in [-0.2, 0) is 105 Å². The number of aryl methyl sites for hydroxylation is 2. The van der Waals surface area contributed by atoms with Crippen LogP contribution in [0.2, 0.25) is 0 Å². The maximum absolute atomic E-state index is 5.36. The van der Waals surface area contributed by atoms with E-state index in [4.69, 9.17) is 4.74 Å². The van der Waals surface area contributed by atoms with Crippen molar-refractivity contribution in [2.45, 2.75) is 60.8 Å². The van der Waals surface area contributed by atoms with Gasteiger partial charge in [-0.15, -0.1) is 0 Å². The first-order valence-corrected chi connectivity index (χ1v) is 11.6. The zero-order chi connectivity index (χ0) is 24.9. The van der Waals surface area contributed by atoms with E-state index in [-0.39, 0.29) is 120 Å². The van der Waals surface area contributed by atoms with Crippen molar-refractivity contribution in [1.29, 1.82) is 0 Å². The summed E-state index contributed by atoms with van der Waals surface area (Å²) < 4.78 is 5.36. The van der Waals surface area contributed by atoms with Gasteiger partial charge in [-0.05, 0) is 37.5 Å². The van der Waals surface area contributed by atoms with Gasteiger partial charge >= 0.3 is 0 Å². The van der Waals surface area contributed by atoms with E-state index in [9.17, 15) is 0 Å². The van der Waals surface area contributed by atoms with Gasteiger partial charge in [-0.3, -0.25) is 0 Å². The van der Waals surface area contributed by atoms with Crippen LogP contribution in [-0.4, -0.2) is 6.61 Å². The summed E-state index contributed by atoms with van der Waals surface area (Å²) >= 11 is 0. The fourth-order valence-corrected chi connectivity index (χ4v) is 2.20. The van der Waals surface area contributed by atoms with Crippen LogP contribution in [0.15, 0.2) is 91.0 Å². The van der Waals surface area contributed by atoms with Crippen molar-refractivity contribution >= 4 is 0 Å². The molecule has 0 aliphatic heterocycles. The van der Waals surface area contributed by atoms with Gasteiger partial charge in [-0.1, -0.05) is 105 Å². The normalized spacial score (nSPS) is 6.76. The Balaban J connectivity index is -0.0000000405. The van der Waals surface area contributed by atoms with E-state index in [1.807, 2.05) is 48.5 Å². The molecule has 0 aromatic heterocycles. The van der Waals surface area contributed by atoms with E-state index in [0.717, 1.165) is 18.8 Å². The second-order valence-electron chi connectivity index (χ2n) is 6.05. The van der Waals surface area contributed by atoms with E-state index in [0.29, 0.717) is 0 Å². The predicted octanol–water partition coefficient (Wildman–Crippen LogP) is 11.0. The molecular formula is C34H56OY3-6. The summed E-state index contributed by atoms with van der Waals surface area (Å²) in [6, 6.07) is 30.7. The number of benzene rings is 3. The van der Waals surface area contributed by atoms with Crippen LogP contribution in [0.4, 0.5) is 0 Å². The summed E-state index contributed by atoms with van der Waals surface area (Å²) in [5.74, 6) is 0.962. The van der Waals surface area contributed by atoms with Gasteiger partial charge in [0.25, 0.3) is 0 Å². The van der Waals surface area contributed by atoms with Crippen molar-refractivity contribution in [3.8, 4) is 5.75 Å². The molecule has 3 aromatic rings. The maximum atomic E-state index is 5.36. The van der Waals surface area contributed by atoms with Crippen molar-refractivity contribution in [1.82, 2.24) is 0 Å². The van der Waals surface area contributed by atoms with Crippen molar-refractivity contribution in [3.63, 3.8) is 0 Å². The van der Waals surface area contributed by atoms with Crippen LogP contribution in [0.5, 0.6) is 5.75 Å². The Morgan fingerprint density at radius 2 is 0.868 bits per heavy atom. The van der Waals surface area contributed by atoms with Crippen LogP contribution in [0.3, 0.4) is 0 Å². The molecule has 38 heavy (non-hydrogen) atoms. The molecule has 3 rings (SSSR count). The van der Waals surface area contributed by atoms with E-state index >= 15 is 0 Å². The Kier molecular flexibility index (Phi) is 94.6. The number of rotatable bonds is 5. The molecule has 0 unspecified atom stereocenters. The third-order valence-corrected chi connectivity index (χ3v) is 3.54. The average Bonchev–Trinajstić information content (AvgIpc) is 2.89. The molecule has 3 radical (unpaired) electrons. The van der Waals surface area contributed by atoms with E-state index < -0.39 is 0 Å². The SMILES string of the molecule is CCCOc1ccccc1.CCCc1ccccc1.Cc1ccccc1.[CH2-]C.[CH2-]C.[CH2-]C.[CH3-].[CH3-].[CH3-].[Y].[Y].[Y]. The summed E-state index contributed by atoms with van der Waals surface area (Å²) in [4.78, 5) is 0. The smallest absolute Gasteiger partial charge is 0.119 e. The molecule has 0 aliphatic carbocycles. The molecule has 0 amide bonds. The molecule has 0 saturated carbocycles. The Labute approximate surface area is 317 Å². The summed E-state index contributed by atoms with van der Waals surface area (Å²) in [5, 5.41) is 0. The molecule has 0 bridgehead atoms. The molecule has 0 atom stereocenters. The minimum absolute atomic E-state index is 0. The fourth-order valence-electron chi connectivity index (χ4n) is 2.20. The summed E-state index contributed by atoms with van der Waals surface area (Å²) in [7, 11) is 0.